The van der Waals surface area contributed by atoms with E-state index in [9.17, 15) is 5.11 Å². The second kappa shape index (κ2) is 6.68. The van der Waals surface area contributed by atoms with E-state index in [1.807, 2.05) is 0 Å². The number of piperidine rings is 1. The molecule has 4 aliphatic carbocycles. The van der Waals surface area contributed by atoms with Crippen LogP contribution in [0.5, 0.6) is 0 Å². The Hall–Kier alpha value is -0.640. The predicted molar refractivity (Wildman–Crippen MR) is 119 cm³/mol. The smallest absolute Gasteiger partial charge is 0.118 e. The van der Waals surface area contributed by atoms with Crippen molar-refractivity contribution in [2.45, 2.75) is 103 Å². The van der Waals surface area contributed by atoms with Crippen LogP contribution < -0.4 is 5.32 Å². The van der Waals surface area contributed by atoms with Crippen molar-refractivity contribution in [3.63, 3.8) is 0 Å². The first-order valence-corrected chi connectivity index (χ1v) is 12.9. The summed E-state index contributed by atoms with van der Waals surface area (Å²) in [6.45, 7) is 11.1. The number of hydrogen-bond donors (Lipinski definition) is 2. The van der Waals surface area contributed by atoms with Gasteiger partial charge in [0.15, 0.2) is 0 Å². The number of quaternary nitrogens is 1. The average Bonchev–Trinajstić information content (AvgIpc) is 3.23. The molecule has 1 spiro atoms. The molecule has 0 aromatic rings. The van der Waals surface area contributed by atoms with Crippen LogP contribution in [0.15, 0.2) is 22.8 Å². The fourth-order valence-corrected chi connectivity index (χ4v) is 9.24. The minimum Gasteiger partial charge on any atom is -0.393 e. The summed E-state index contributed by atoms with van der Waals surface area (Å²) in [5.41, 5.74) is 5.33. The summed E-state index contributed by atoms with van der Waals surface area (Å²) in [5.74, 6) is 3.78. The van der Waals surface area contributed by atoms with Gasteiger partial charge >= 0.3 is 0 Å². The molecule has 0 aromatic carbocycles. The van der Waals surface area contributed by atoms with Crippen LogP contribution >= 0.6 is 0 Å². The molecule has 6 rings (SSSR count). The minimum atomic E-state index is -0.108. The maximum atomic E-state index is 10.3. The molecule has 3 nitrogen and oxygen atoms in total. The van der Waals surface area contributed by atoms with Gasteiger partial charge in [-0.2, -0.15) is 0 Å². The molecule has 2 saturated heterocycles. The first-order chi connectivity index (χ1) is 14.3. The summed E-state index contributed by atoms with van der Waals surface area (Å²) in [5, 5.41) is 12.9. The van der Waals surface area contributed by atoms with Crippen LogP contribution in [-0.2, 0) is 4.74 Å². The fraction of sp³-hybridized carbons (Fsp3) is 0.852. The van der Waals surface area contributed by atoms with Crippen LogP contribution in [0.25, 0.3) is 0 Å². The van der Waals surface area contributed by atoms with E-state index in [4.69, 9.17) is 4.74 Å². The second-order valence-electron chi connectivity index (χ2n) is 12.3. The standard InChI is InChI=1S/C27H41NO2/c1-15-11-24-25(28-14-15)17(3)27(30-24)10-8-20-21-6-5-18-12-19(29)7-9-26(18,4)23(21)13-22(20)16(27)2/h5,15,17,19-21,23-25,28-29H,6-14H2,1-4H3/p+1. The highest BCUT2D eigenvalue weighted by Crippen LogP contribution is 2.64. The second-order valence-corrected chi connectivity index (χ2v) is 12.3. The Morgan fingerprint density at radius 3 is 2.83 bits per heavy atom. The van der Waals surface area contributed by atoms with Gasteiger partial charge in [0.2, 0.25) is 0 Å². The molecule has 30 heavy (non-hydrogen) atoms. The van der Waals surface area contributed by atoms with Gasteiger partial charge in [-0.25, -0.2) is 0 Å². The Kier molecular flexibility index (Phi) is 4.46. The van der Waals surface area contributed by atoms with E-state index in [1.54, 1.807) is 16.7 Å². The zero-order valence-electron chi connectivity index (χ0n) is 19.5. The number of aliphatic hydroxyl groups is 1. The SMILES string of the molecule is CC1=C2CC3C(CC=C4CC(O)CCC43C)C2CCC12OC1CC(C)C[NH2+]C1C2C. The number of ether oxygens (including phenoxy) is 1. The number of allylic oxidation sites excluding steroid dienone is 2. The molecule has 10 unspecified atom stereocenters. The summed E-state index contributed by atoms with van der Waals surface area (Å²) in [7, 11) is 0. The van der Waals surface area contributed by atoms with Crippen LogP contribution in [0.1, 0.15) is 79.1 Å². The minimum absolute atomic E-state index is 0.00907. The highest BCUT2D eigenvalue weighted by atomic mass is 16.5. The highest BCUT2D eigenvalue weighted by molar-refractivity contribution is 5.38. The Bertz CT molecular complexity index is 801. The Morgan fingerprint density at radius 2 is 2.00 bits per heavy atom. The Balaban J connectivity index is 1.34. The first-order valence-electron chi connectivity index (χ1n) is 12.9. The lowest BCUT2D eigenvalue weighted by Crippen LogP contribution is -2.96. The summed E-state index contributed by atoms with van der Waals surface area (Å²) in [4.78, 5) is 0. The van der Waals surface area contributed by atoms with Gasteiger partial charge in [0.05, 0.1) is 18.2 Å². The lowest BCUT2D eigenvalue weighted by atomic mass is 9.56. The van der Waals surface area contributed by atoms with Gasteiger partial charge in [0.25, 0.3) is 0 Å². The van der Waals surface area contributed by atoms with E-state index in [0.717, 1.165) is 36.5 Å². The van der Waals surface area contributed by atoms with Crippen molar-refractivity contribution in [1.82, 2.24) is 0 Å². The van der Waals surface area contributed by atoms with Crippen molar-refractivity contribution in [2.24, 2.45) is 35.0 Å². The summed E-state index contributed by atoms with van der Waals surface area (Å²) in [6, 6.07) is 0.655. The van der Waals surface area contributed by atoms with Crippen molar-refractivity contribution < 1.29 is 15.2 Å². The lowest BCUT2D eigenvalue weighted by molar-refractivity contribution is -0.710. The zero-order chi connectivity index (χ0) is 20.8. The third-order valence-corrected chi connectivity index (χ3v) is 11.1. The molecule has 2 heterocycles. The normalized spacial score (nSPS) is 55.0. The molecule has 4 fully saturated rings. The van der Waals surface area contributed by atoms with E-state index in [-0.39, 0.29) is 11.7 Å². The number of aliphatic hydroxyl groups excluding tert-OH is 1. The molecular formula is C27H42NO2+. The summed E-state index contributed by atoms with van der Waals surface area (Å²) in [6.07, 6.45) is 12.3. The van der Waals surface area contributed by atoms with E-state index in [2.05, 4.69) is 39.1 Å². The Morgan fingerprint density at radius 1 is 1.17 bits per heavy atom. The van der Waals surface area contributed by atoms with E-state index in [0.29, 0.717) is 23.5 Å². The largest absolute Gasteiger partial charge is 0.393 e. The average molecular weight is 413 g/mol. The van der Waals surface area contributed by atoms with Gasteiger partial charge in [0, 0.05) is 11.8 Å². The maximum absolute atomic E-state index is 10.3. The monoisotopic (exact) mass is 412 g/mol. The van der Waals surface area contributed by atoms with E-state index >= 15 is 0 Å². The molecule has 166 valence electrons. The molecule has 0 bridgehead atoms. The van der Waals surface area contributed by atoms with Crippen LogP contribution in [0.3, 0.4) is 0 Å². The number of hydrogen-bond acceptors (Lipinski definition) is 2. The highest BCUT2D eigenvalue weighted by Gasteiger charge is 2.61. The molecule has 6 aliphatic rings. The molecule has 3 N–H and O–H groups in total. The number of nitrogens with two attached hydrogens (primary N) is 1. The van der Waals surface area contributed by atoms with Crippen molar-refractivity contribution >= 4 is 0 Å². The van der Waals surface area contributed by atoms with E-state index < -0.39 is 0 Å². The van der Waals surface area contributed by atoms with Crippen molar-refractivity contribution in [2.75, 3.05) is 6.54 Å². The molecule has 0 aromatic heterocycles. The molecule has 3 heteroatoms. The summed E-state index contributed by atoms with van der Waals surface area (Å²) >= 11 is 0. The quantitative estimate of drug-likeness (QED) is 0.591. The topological polar surface area (TPSA) is 46.1 Å². The number of fused-ring (bicyclic) bond motifs is 6. The molecule has 2 aliphatic heterocycles. The Labute approximate surface area is 182 Å². The van der Waals surface area contributed by atoms with Crippen molar-refractivity contribution in [3.05, 3.63) is 22.8 Å². The van der Waals surface area contributed by atoms with E-state index in [1.165, 1.54) is 45.1 Å². The molecule has 10 atom stereocenters. The van der Waals surface area contributed by atoms with Gasteiger partial charge in [-0.1, -0.05) is 38.0 Å². The molecule has 0 radical (unpaired) electrons. The number of rotatable bonds is 0. The molecule has 2 saturated carbocycles. The van der Waals surface area contributed by atoms with Gasteiger partial charge in [-0.05, 0) is 87.0 Å². The van der Waals surface area contributed by atoms with Gasteiger partial charge < -0.3 is 15.2 Å². The fourth-order valence-electron chi connectivity index (χ4n) is 9.24. The van der Waals surface area contributed by atoms with Crippen molar-refractivity contribution in [3.8, 4) is 0 Å². The van der Waals surface area contributed by atoms with Crippen LogP contribution in [0, 0.1) is 35.0 Å². The molecule has 0 amide bonds. The van der Waals surface area contributed by atoms with Gasteiger partial charge in [-0.3, -0.25) is 0 Å². The van der Waals surface area contributed by atoms with Gasteiger partial charge in [0.1, 0.15) is 12.1 Å². The van der Waals surface area contributed by atoms with Crippen LogP contribution in [0.2, 0.25) is 0 Å². The maximum Gasteiger partial charge on any atom is 0.118 e. The third-order valence-electron chi connectivity index (χ3n) is 11.1. The van der Waals surface area contributed by atoms with Crippen molar-refractivity contribution in [1.29, 1.82) is 0 Å². The molecular weight excluding hydrogens is 370 g/mol. The zero-order valence-corrected chi connectivity index (χ0v) is 19.5. The third kappa shape index (κ3) is 2.55. The van der Waals surface area contributed by atoms with Crippen LogP contribution in [-0.4, -0.2) is 35.5 Å². The summed E-state index contributed by atoms with van der Waals surface area (Å²) < 4.78 is 7.06. The predicted octanol–water partition coefficient (Wildman–Crippen LogP) is 3.98. The first kappa shape index (κ1) is 20.0. The van der Waals surface area contributed by atoms with Gasteiger partial charge in [-0.15, -0.1) is 0 Å². The lowest BCUT2D eigenvalue weighted by Gasteiger charge is -2.49. The van der Waals surface area contributed by atoms with Crippen LogP contribution in [0.4, 0.5) is 0 Å².